The number of anilines is 2. The summed E-state index contributed by atoms with van der Waals surface area (Å²) >= 11 is 0. The number of aromatic hydroxyl groups is 2. The van der Waals surface area contributed by atoms with Gasteiger partial charge in [0.25, 0.3) is 30.4 Å². The van der Waals surface area contributed by atoms with Crippen molar-refractivity contribution in [3.8, 4) is 11.5 Å². The van der Waals surface area contributed by atoms with Crippen LogP contribution in [0.2, 0.25) is 0 Å². The molecule has 0 atom stereocenters. The summed E-state index contributed by atoms with van der Waals surface area (Å²) in [5.74, 6) is -1.23. The van der Waals surface area contributed by atoms with Crippen LogP contribution in [0, 0.1) is 13.8 Å². The molecule has 0 unspecified atom stereocenters. The van der Waals surface area contributed by atoms with Crippen molar-refractivity contribution in [3.05, 3.63) is 102 Å². The van der Waals surface area contributed by atoms with E-state index >= 15 is 0 Å². The zero-order chi connectivity index (χ0) is 38.5. The second kappa shape index (κ2) is 13.6. The van der Waals surface area contributed by atoms with E-state index in [-0.39, 0.29) is 33.2 Å². The Morgan fingerprint density at radius 1 is 0.547 bits per heavy atom. The molecule has 0 radical (unpaired) electrons. The Bertz CT molecular complexity index is 2880. The zero-order valence-electron chi connectivity index (χ0n) is 27.4. The molecule has 272 valence electrons. The van der Waals surface area contributed by atoms with E-state index in [0.29, 0.717) is 22.2 Å². The third-order valence-corrected chi connectivity index (χ3v) is 10.5. The molecule has 0 saturated carbocycles. The van der Waals surface area contributed by atoms with Crippen molar-refractivity contribution in [1.29, 1.82) is 0 Å². The number of phenols is 2. The molecule has 6 rings (SSSR count). The van der Waals surface area contributed by atoms with Gasteiger partial charge in [-0.2, -0.15) is 35.5 Å². The molecule has 0 aliphatic carbocycles. The van der Waals surface area contributed by atoms with Gasteiger partial charge in [-0.15, -0.1) is 10.2 Å². The van der Waals surface area contributed by atoms with Crippen LogP contribution in [0.4, 0.5) is 34.1 Å². The molecule has 53 heavy (non-hydrogen) atoms. The number of azo groups is 2. The largest absolute Gasteiger partial charge is 0.507 e. The molecular formula is C34H27N5O11S3. The maximum atomic E-state index is 12.4. The predicted octanol–water partition coefficient (Wildman–Crippen LogP) is 8.34. The Morgan fingerprint density at radius 2 is 1.11 bits per heavy atom. The Hall–Kier alpha value is -5.83. The van der Waals surface area contributed by atoms with E-state index in [1.807, 2.05) is 30.3 Å². The summed E-state index contributed by atoms with van der Waals surface area (Å²) in [6.07, 6.45) is 0. The van der Waals surface area contributed by atoms with Crippen LogP contribution in [0.3, 0.4) is 0 Å². The summed E-state index contributed by atoms with van der Waals surface area (Å²) in [6.45, 7) is 3.21. The SMILES string of the molecule is Cc1cc(N=Nc2cc(S(=O)(=O)O)cc3cc(S(=O)(=O)O)cc(O)c23)c(C)cc1N=Nc1c(S(=O)(=O)O)cc2cc(Nc3ccccc3)ccc2c1O. The van der Waals surface area contributed by atoms with Crippen molar-refractivity contribution in [2.75, 3.05) is 5.32 Å². The van der Waals surface area contributed by atoms with Crippen LogP contribution in [0.25, 0.3) is 21.5 Å². The smallest absolute Gasteiger partial charge is 0.296 e. The lowest BCUT2D eigenvalue weighted by atomic mass is 10.1. The topological polar surface area (TPSA) is 265 Å². The fourth-order valence-electron chi connectivity index (χ4n) is 5.42. The van der Waals surface area contributed by atoms with Gasteiger partial charge in [-0.05, 0) is 102 Å². The van der Waals surface area contributed by atoms with Gasteiger partial charge in [-0.3, -0.25) is 13.7 Å². The lowest BCUT2D eigenvalue weighted by Crippen LogP contribution is -2.00. The zero-order valence-corrected chi connectivity index (χ0v) is 29.8. The van der Waals surface area contributed by atoms with Gasteiger partial charge >= 0.3 is 0 Å². The summed E-state index contributed by atoms with van der Waals surface area (Å²) < 4.78 is 101. The van der Waals surface area contributed by atoms with Crippen LogP contribution in [0.1, 0.15) is 11.1 Å². The maximum Gasteiger partial charge on any atom is 0.296 e. The van der Waals surface area contributed by atoms with Crippen molar-refractivity contribution in [2.24, 2.45) is 20.5 Å². The van der Waals surface area contributed by atoms with E-state index in [4.69, 9.17) is 0 Å². The molecule has 0 amide bonds. The van der Waals surface area contributed by atoms with Crippen LogP contribution < -0.4 is 5.32 Å². The molecule has 0 heterocycles. The first-order valence-corrected chi connectivity index (χ1v) is 19.4. The molecule has 6 N–H and O–H groups in total. The van der Waals surface area contributed by atoms with Gasteiger partial charge in [0.05, 0.1) is 32.2 Å². The monoisotopic (exact) mass is 777 g/mol. The van der Waals surface area contributed by atoms with E-state index in [1.165, 1.54) is 18.2 Å². The highest BCUT2D eigenvalue weighted by atomic mass is 32.2. The number of aryl methyl sites for hydroxylation is 2. The highest BCUT2D eigenvalue weighted by molar-refractivity contribution is 7.86. The third kappa shape index (κ3) is 7.84. The Labute approximate surface area is 302 Å². The molecular weight excluding hydrogens is 751 g/mol. The van der Waals surface area contributed by atoms with E-state index < -0.39 is 62.2 Å². The average Bonchev–Trinajstić information content (AvgIpc) is 3.07. The van der Waals surface area contributed by atoms with E-state index in [0.717, 1.165) is 30.0 Å². The van der Waals surface area contributed by atoms with Gasteiger partial charge in [0.1, 0.15) is 16.3 Å². The van der Waals surface area contributed by atoms with Crippen molar-refractivity contribution < 1.29 is 49.1 Å². The second-order valence-electron chi connectivity index (χ2n) is 11.7. The molecule has 6 aromatic rings. The molecule has 6 aromatic carbocycles. The number of nitrogens with one attached hydrogen (secondary N) is 1. The lowest BCUT2D eigenvalue weighted by Gasteiger charge is -2.12. The lowest BCUT2D eigenvalue weighted by molar-refractivity contribution is 0.471. The number of benzene rings is 6. The number of rotatable bonds is 9. The third-order valence-electron chi connectivity index (χ3n) is 7.98. The summed E-state index contributed by atoms with van der Waals surface area (Å²) in [5, 5.41) is 41.4. The molecule has 0 saturated heterocycles. The standard InChI is InChI=1S/C34H27N5O11S3/c1-18-11-28(37-39-33-31(53(48,49)50)15-20-12-23(8-9-26(20)34(33)41)35-22-6-4-3-5-7-22)19(2)10-27(18)36-38-29-16-24(51(42,43)44)13-21-14-25(52(45,46)47)17-30(40)32(21)29/h3-17,35,40-41H,1-2H3,(H,42,43,44)(H,45,46,47)(H,48,49,50). The fourth-order valence-corrected chi connectivity index (χ4v) is 7.15. The first kappa shape index (κ1) is 36.9. The minimum Gasteiger partial charge on any atom is -0.507 e. The van der Waals surface area contributed by atoms with Gasteiger partial charge in [0.2, 0.25) is 0 Å². The number of nitrogens with zero attached hydrogens (tertiary/aromatic N) is 4. The van der Waals surface area contributed by atoms with Crippen LogP contribution >= 0.6 is 0 Å². The van der Waals surface area contributed by atoms with Gasteiger partial charge in [0.15, 0.2) is 5.75 Å². The number of para-hydroxylation sites is 1. The molecule has 19 heteroatoms. The van der Waals surface area contributed by atoms with Crippen LogP contribution in [0.5, 0.6) is 11.5 Å². The minimum atomic E-state index is -4.90. The first-order valence-electron chi connectivity index (χ1n) is 15.1. The molecule has 0 bridgehead atoms. The van der Waals surface area contributed by atoms with E-state index in [1.54, 1.807) is 32.0 Å². The summed E-state index contributed by atoms with van der Waals surface area (Å²) in [6, 6.07) is 21.6. The number of hydrogen-bond donors (Lipinski definition) is 6. The van der Waals surface area contributed by atoms with Crippen molar-refractivity contribution in [1.82, 2.24) is 0 Å². The fraction of sp³-hybridized carbons (Fsp3) is 0.0588. The Kier molecular flexibility index (Phi) is 9.49. The second-order valence-corrected chi connectivity index (χ2v) is 16.0. The van der Waals surface area contributed by atoms with Gasteiger partial charge < -0.3 is 15.5 Å². The van der Waals surface area contributed by atoms with Crippen molar-refractivity contribution >= 4 is 86.0 Å². The Morgan fingerprint density at radius 3 is 1.70 bits per heavy atom. The molecule has 0 aliphatic heterocycles. The summed E-state index contributed by atoms with van der Waals surface area (Å²) in [7, 11) is -14.5. The summed E-state index contributed by atoms with van der Waals surface area (Å²) in [5.41, 5.74) is 1.85. The molecule has 0 spiro atoms. The highest BCUT2D eigenvalue weighted by Gasteiger charge is 2.23. The Balaban J connectivity index is 1.37. The van der Waals surface area contributed by atoms with E-state index in [2.05, 4.69) is 25.8 Å². The molecule has 0 aromatic heterocycles. The van der Waals surface area contributed by atoms with E-state index in [9.17, 15) is 49.1 Å². The van der Waals surface area contributed by atoms with Crippen LogP contribution in [-0.4, -0.2) is 49.1 Å². The maximum absolute atomic E-state index is 12.4. The number of phenolic OH excluding ortho intramolecular Hbond substituents is 2. The molecule has 16 nitrogen and oxygen atoms in total. The number of fused-ring (bicyclic) bond motifs is 2. The normalized spacial score (nSPS) is 12.7. The quantitative estimate of drug-likeness (QED) is 0.0597. The predicted molar refractivity (Wildman–Crippen MR) is 195 cm³/mol. The van der Waals surface area contributed by atoms with Crippen LogP contribution in [0.15, 0.2) is 126 Å². The average molecular weight is 778 g/mol. The van der Waals surface area contributed by atoms with Crippen molar-refractivity contribution in [3.63, 3.8) is 0 Å². The molecule has 0 fully saturated rings. The van der Waals surface area contributed by atoms with Gasteiger partial charge in [0, 0.05) is 22.8 Å². The number of hydrogen-bond acceptors (Lipinski definition) is 13. The van der Waals surface area contributed by atoms with Gasteiger partial charge in [-0.25, -0.2) is 0 Å². The minimum absolute atomic E-state index is 0.137. The van der Waals surface area contributed by atoms with Crippen molar-refractivity contribution in [2.45, 2.75) is 28.5 Å². The van der Waals surface area contributed by atoms with Gasteiger partial charge in [-0.1, -0.05) is 18.2 Å². The molecule has 0 aliphatic rings. The van der Waals surface area contributed by atoms with Crippen LogP contribution in [-0.2, 0) is 30.4 Å². The summed E-state index contributed by atoms with van der Waals surface area (Å²) in [4.78, 5) is -2.12. The first-order chi connectivity index (χ1) is 24.8. The highest BCUT2D eigenvalue weighted by Crippen LogP contribution is 2.43.